The molecular formula is C20H27FN2O. The number of rotatable bonds is 5. The number of benzene rings is 1. The Labute approximate surface area is 143 Å². The van der Waals surface area contributed by atoms with Gasteiger partial charge in [-0.25, -0.2) is 9.82 Å². The zero-order valence-electron chi connectivity index (χ0n) is 14.4. The number of hydrazone groups is 1. The van der Waals surface area contributed by atoms with Crippen LogP contribution in [0.25, 0.3) is 0 Å². The van der Waals surface area contributed by atoms with Gasteiger partial charge in [-0.15, -0.1) is 0 Å². The summed E-state index contributed by atoms with van der Waals surface area (Å²) in [6.45, 7) is 2.07. The molecule has 2 fully saturated rings. The Bertz CT molecular complexity index is 582. The largest absolute Gasteiger partial charge is 0.273 e. The molecule has 0 aromatic heterocycles. The van der Waals surface area contributed by atoms with E-state index >= 15 is 0 Å². The number of nitrogens with zero attached hydrogens (tertiary/aromatic N) is 1. The summed E-state index contributed by atoms with van der Waals surface area (Å²) in [6.07, 6.45) is 9.19. The first-order valence-electron chi connectivity index (χ1n) is 9.33. The highest BCUT2D eigenvalue weighted by molar-refractivity contribution is 6.01. The molecule has 2 aliphatic rings. The molecule has 0 saturated heterocycles. The summed E-state index contributed by atoms with van der Waals surface area (Å²) in [5, 5.41) is 4.37. The Kier molecular flexibility index (Phi) is 5.64. The second-order valence-corrected chi connectivity index (χ2v) is 7.14. The maximum atomic E-state index is 13.1. The summed E-state index contributed by atoms with van der Waals surface area (Å²) in [6, 6.07) is 6.32. The van der Waals surface area contributed by atoms with Crippen LogP contribution in [-0.2, 0) is 4.79 Å². The highest BCUT2D eigenvalue weighted by Crippen LogP contribution is 2.53. The molecule has 0 spiro atoms. The van der Waals surface area contributed by atoms with Crippen molar-refractivity contribution in [2.75, 3.05) is 0 Å². The monoisotopic (exact) mass is 330 g/mol. The molecule has 130 valence electrons. The van der Waals surface area contributed by atoms with Gasteiger partial charge < -0.3 is 0 Å². The van der Waals surface area contributed by atoms with Gasteiger partial charge in [-0.1, -0.05) is 51.2 Å². The van der Waals surface area contributed by atoms with Gasteiger partial charge in [0.15, 0.2) is 0 Å². The van der Waals surface area contributed by atoms with Crippen molar-refractivity contribution in [1.29, 1.82) is 0 Å². The predicted octanol–water partition coefficient (Wildman–Crippen LogP) is 4.66. The van der Waals surface area contributed by atoms with Gasteiger partial charge in [0.2, 0.25) is 5.91 Å². The maximum Gasteiger partial charge on any atom is 0.243 e. The molecule has 2 saturated carbocycles. The number of fused-ring (bicyclic) bond motifs is 1. The Hall–Kier alpha value is -1.71. The summed E-state index contributed by atoms with van der Waals surface area (Å²) in [5.41, 5.74) is 4.49. The minimum absolute atomic E-state index is 0.0719. The molecule has 1 N–H and O–H groups in total. The first-order chi connectivity index (χ1) is 11.7. The third-order valence-corrected chi connectivity index (χ3v) is 5.42. The van der Waals surface area contributed by atoms with Crippen LogP contribution in [0.3, 0.4) is 0 Å². The van der Waals surface area contributed by atoms with Crippen molar-refractivity contribution in [3.05, 3.63) is 35.6 Å². The van der Waals surface area contributed by atoms with E-state index in [4.69, 9.17) is 0 Å². The van der Waals surface area contributed by atoms with Crippen LogP contribution >= 0.6 is 0 Å². The van der Waals surface area contributed by atoms with E-state index in [-0.39, 0.29) is 17.6 Å². The minimum Gasteiger partial charge on any atom is -0.273 e. The Morgan fingerprint density at radius 3 is 2.33 bits per heavy atom. The van der Waals surface area contributed by atoms with Crippen molar-refractivity contribution in [3.63, 3.8) is 0 Å². The average Bonchev–Trinajstić information content (AvgIpc) is 3.23. The number of hydrogen-bond donors (Lipinski definition) is 1. The van der Waals surface area contributed by atoms with Crippen molar-refractivity contribution < 1.29 is 9.18 Å². The van der Waals surface area contributed by atoms with E-state index in [0.29, 0.717) is 11.8 Å². The minimum atomic E-state index is -0.257. The van der Waals surface area contributed by atoms with Crippen LogP contribution in [0, 0.1) is 23.6 Å². The molecule has 0 heterocycles. The lowest BCUT2D eigenvalue weighted by molar-refractivity contribution is -0.122. The third-order valence-electron chi connectivity index (χ3n) is 5.42. The average molecular weight is 330 g/mol. The van der Waals surface area contributed by atoms with E-state index in [9.17, 15) is 9.18 Å². The molecule has 0 radical (unpaired) electrons. The van der Waals surface area contributed by atoms with Crippen molar-refractivity contribution in [2.45, 2.75) is 58.3 Å². The van der Waals surface area contributed by atoms with Gasteiger partial charge >= 0.3 is 0 Å². The molecule has 2 atom stereocenters. The lowest BCUT2D eigenvalue weighted by Gasteiger charge is -2.06. The Morgan fingerprint density at radius 2 is 1.75 bits per heavy atom. The lowest BCUT2D eigenvalue weighted by Crippen LogP contribution is -2.23. The molecule has 0 unspecified atom stereocenters. The van der Waals surface area contributed by atoms with Crippen molar-refractivity contribution in [1.82, 2.24) is 5.43 Å². The predicted molar refractivity (Wildman–Crippen MR) is 94.2 cm³/mol. The molecule has 3 nitrogen and oxygen atoms in total. The third kappa shape index (κ3) is 4.03. The van der Waals surface area contributed by atoms with Crippen LogP contribution < -0.4 is 5.43 Å². The van der Waals surface area contributed by atoms with Crippen LogP contribution in [0.2, 0.25) is 0 Å². The number of amides is 1. The maximum absolute atomic E-state index is 13.1. The van der Waals surface area contributed by atoms with Gasteiger partial charge in [-0.3, -0.25) is 4.79 Å². The molecule has 3 rings (SSSR count). The normalized spacial score (nSPS) is 26.9. The smallest absolute Gasteiger partial charge is 0.243 e. The number of carbonyl (C=O) groups excluding carboxylic acids is 1. The summed E-state index contributed by atoms with van der Waals surface area (Å²) in [5.74, 6) is 1.11. The van der Waals surface area contributed by atoms with Crippen LogP contribution in [0.4, 0.5) is 4.39 Å². The fraction of sp³-hybridized carbons (Fsp3) is 0.600. The second-order valence-electron chi connectivity index (χ2n) is 7.14. The molecule has 1 aromatic carbocycles. The zero-order valence-corrected chi connectivity index (χ0v) is 14.4. The standard InChI is InChI=1S/C20H27FN2O/c1-2-7-18(14-10-12-15(21)13-11-14)22-23-20(24)19-16-8-5-3-4-6-9-17(16)19/h10-13,16-17,19H,2-9H2,1H3,(H,23,24)/b22-18+/t16-,17-/m1/s1. The molecule has 1 amide bonds. The van der Waals surface area contributed by atoms with Gasteiger partial charge in [0.25, 0.3) is 0 Å². The van der Waals surface area contributed by atoms with Gasteiger partial charge in [-0.05, 0) is 48.8 Å². The van der Waals surface area contributed by atoms with Gasteiger partial charge in [-0.2, -0.15) is 5.10 Å². The quantitative estimate of drug-likeness (QED) is 0.619. The Balaban J connectivity index is 1.63. The number of nitrogens with one attached hydrogen (secondary N) is 1. The van der Waals surface area contributed by atoms with Crippen LogP contribution in [0.5, 0.6) is 0 Å². The first kappa shape index (κ1) is 17.1. The SMILES string of the molecule is CCC/C(=N\NC(=O)C1[C@@H]2CCCCCC[C@@H]12)c1ccc(F)cc1. The van der Waals surface area contributed by atoms with Crippen molar-refractivity contribution >= 4 is 11.6 Å². The van der Waals surface area contributed by atoms with E-state index < -0.39 is 0 Å². The molecule has 0 bridgehead atoms. The Morgan fingerprint density at radius 1 is 1.12 bits per heavy atom. The second kappa shape index (κ2) is 7.91. The van der Waals surface area contributed by atoms with E-state index in [0.717, 1.165) is 24.1 Å². The number of carbonyl (C=O) groups is 1. The summed E-state index contributed by atoms with van der Waals surface area (Å²) < 4.78 is 13.1. The fourth-order valence-corrected chi connectivity index (χ4v) is 4.08. The highest BCUT2D eigenvalue weighted by atomic mass is 19.1. The van der Waals surface area contributed by atoms with E-state index in [2.05, 4.69) is 17.5 Å². The summed E-state index contributed by atoms with van der Waals surface area (Å²) in [7, 11) is 0. The molecule has 4 heteroatoms. The van der Waals surface area contributed by atoms with Crippen LogP contribution in [0.15, 0.2) is 29.4 Å². The zero-order chi connectivity index (χ0) is 16.9. The molecule has 1 aromatic rings. The van der Waals surface area contributed by atoms with Crippen LogP contribution in [-0.4, -0.2) is 11.6 Å². The topological polar surface area (TPSA) is 41.5 Å². The summed E-state index contributed by atoms with van der Waals surface area (Å²) >= 11 is 0. The molecular weight excluding hydrogens is 303 g/mol. The van der Waals surface area contributed by atoms with E-state index in [1.165, 1.54) is 50.7 Å². The number of halogens is 1. The highest BCUT2D eigenvalue weighted by Gasteiger charge is 2.53. The molecule has 24 heavy (non-hydrogen) atoms. The van der Waals surface area contributed by atoms with Gasteiger partial charge in [0.05, 0.1) is 5.71 Å². The molecule has 0 aliphatic heterocycles. The lowest BCUT2D eigenvalue weighted by atomic mass is 10.0. The van der Waals surface area contributed by atoms with Crippen molar-refractivity contribution in [3.8, 4) is 0 Å². The molecule has 2 aliphatic carbocycles. The fourth-order valence-electron chi connectivity index (χ4n) is 4.08. The van der Waals surface area contributed by atoms with Gasteiger partial charge in [0.1, 0.15) is 5.82 Å². The van der Waals surface area contributed by atoms with Crippen molar-refractivity contribution in [2.24, 2.45) is 22.9 Å². The van der Waals surface area contributed by atoms with Gasteiger partial charge in [0, 0.05) is 5.92 Å². The van der Waals surface area contributed by atoms with E-state index in [1.807, 2.05) is 0 Å². The first-order valence-corrected chi connectivity index (χ1v) is 9.33. The summed E-state index contributed by atoms with van der Waals surface area (Å²) in [4.78, 5) is 12.5. The van der Waals surface area contributed by atoms with E-state index in [1.54, 1.807) is 12.1 Å². The van der Waals surface area contributed by atoms with Crippen LogP contribution in [0.1, 0.15) is 63.9 Å². The number of hydrogen-bond acceptors (Lipinski definition) is 2.